The van der Waals surface area contributed by atoms with Crippen molar-refractivity contribution in [1.82, 2.24) is 14.9 Å². The van der Waals surface area contributed by atoms with Crippen molar-refractivity contribution >= 4 is 35.0 Å². The first-order valence-electron chi connectivity index (χ1n) is 9.10. The molecule has 0 atom stereocenters. The van der Waals surface area contributed by atoms with E-state index in [9.17, 15) is 9.18 Å². The Morgan fingerprint density at radius 1 is 1.17 bits per heavy atom. The van der Waals surface area contributed by atoms with Crippen molar-refractivity contribution in [1.29, 1.82) is 0 Å². The number of hydrazone groups is 1. The van der Waals surface area contributed by atoms with Crippen LogP contribution in [0.1, 0.15) is 23.6 Å². The van der Waals surface area contributed by atoms with Crippen LogP contribution < -0.4 is 16.6 Å². The van der Waals surface area contributed by atoms with Crippen LogP contribution >= 0.6 is 11.8 Å². The molecule has 3 aromatic rings. The van der Waals surface area contributed by atoms with Crippen molar-refractivity contribution in [2.75, 3.05) is 22.3 Å². The Morgan fingerprint density at radius 2 is 1.90 bits per heavy atom. The van der Waals surface area contributed by atoms with Crippen LogP contribution in [0.3, 0.4) is 0 Å². The van der Waals surface area contributed by atoms with E-state index in [-0.39, 0.29) is 23.4 Å². The third-order valence-corrected chi connectivity index (χ3v) is 5.32. The summed E-state index contributed by atoms with van der Waals surface area (Å²) in [5.74, 6) is 5.83. The first-order chi connectivity index (χ1) is 14.3. The summed E-state index contributed by atoms with van der Waals surface area (Å²) in [7, 11) is 0. The molecule has 10 heteroatoms. The number of anilines is 2. The van der Waals surface area contributed by atoms with E-state index in [0.717, 1.165) is 34.1 Å². The van der Waals surface area contributed by atoms with Crippen LogP contribution in [-0.4, -0.2) is 32.2 Å². The van der Waals surface area contributed by atoms with Gasteiger partial charge in [0.05, 0.1) is 11.5 Å². The van der Waals surface area contributed by atoms with Crippen LogP contribution in [0, 0.1) is 19.7 Å². The van der Waals surface area contributed by atoms with Gasteiger partial charge in [-0.2, -0.15) is 5.10 Å². The van der Waals surface area contributed by atoms with E-state index in [0.29, 0.717) is 10.9 Å². The van der Waals surface area contributed by atoms with Gasteiger partial charge in [0, 0.05) is 5.69 Å². The van der Waals surface area contributed by atoms with E-state index >= 15 is 0 Å². The lowest BCUT2D eigenvalue weighted by atomic mass is 10.1. The molecule has 0 saturated heterocycles. The van der Waals surface area contributed by atoms with E-state index in [1.54, 1.807) is 19.1 Å². The number of nitrogens with two attached hydrogens (primary N) is 1. The van der Waals surface area contributed by atoms with Crippen LogP contribution in [0.4, 0.5) is 16.0 Å². The third kappa shape index (κ3) is 5.35. The number of hydrogen-bond donors (Lipinski definition) is 3. The Hall–Kier alpha value is -3.40. The number of thioether (sulfide) groups is 1. The van der Waals surface area contributed by atoms with Gasteiger partial charge in [-0.3, -0.25) is 4.79 Å². The fourth-order valence-electron chi connectivity index (χ4n) is 2.49. The highest BCUT2D eigenvalue weighted by molar-refractivity contribution is 7.99. The molecule has 156 valence electrons. The van der Waals surface area contributed by atoms with Crippen molar-refractivity contribution in [3.8, 4) is 0 Å². The molecule has 0 radical (unpaired) electrons. The first kappa shape index (κ1) is 21.3. The second-order valence-corrected chi connectivity index (χ2v) is 7.57. The molecule has 8 nitrogen and oxygen atoms in total. The number of carbonyl (C=O) groups is 1. The molecule has 30 heavy (non-hydrogen) atoms. The van der Waals surface area contributed by atoms with Crippen LogP contribution in [0.2, 0.25) is 0 Å². The number of carbonyl (C=O) groups excluding carboxylic acids is 1. The predicted molar refractivity (Wildman–Crippen MR) is 118 cm³/mol. The summed E-state index contributed by atoms with van der Waals surface area (Å²) in [6.45, 7) is 5.78. The summed E-state index contributed by atoms with van der Waals surface area (Å²) in [6, 6.07) is 11.7. The summed E-state index contributed by atoms with van der Waals surface area (Å²) < 4.78 is 14.2. The molecule has 0 bridgehead atoms. The van der Waals surface area contributed by atoms with Crippen LogP contribution in [-0.2, 0) is 4.79 Å². The standard InChI is InChI=1S/C20H22FN7OS/c1-12-4-9-17(10-13(12)2)23-18(29)11-30-20-27-26-19(28(20)22)25-24-14(3)15-5-7-16(21)8-6-15/h4-10H,11,22H2,1-3H3,(H,23,29)(H,25,26)/b24-14+. The van der Waals surface area contributed by atoms with Crippen molar-refractivity contribution in [3.63, 3.8) is 0 Å². The third-order valence-electron chi connectivity index (χ3n) is 4.37. The predicted octanol–water partition coefficient (Wildman–Crippen LogP) is 3.31. The molecule has 3 rings (SSSR count). The minimum absolute atomic E-state index is 0.125. The molecule has 0 aliphatic rings. The topological polar surface area (TPSA) is 110 Å². The summed E-state index contributed by atoms with van der Waals surface area (Å²) in [5, 5.41) is 15.3. The van der Waals surface area contributed by atoms with Gasteiger partial charge >= 0.3 is 0 Å². The van der Waals surface area contributed by atoms with Gasteiger partial charge in [0.15, 0.2) is 0 Å². The molecule has 4 N–H and O–H groups in total. The maximum Gasteiger partial charge on any atom is 0.264 e. The zero-order valence-electron chi connectivity index (χ0n) is 16.8. The molecule has 0 unspecified atom stereocenters. The average molecular weight is 428 g/mol. The SMILES string of the molecule is C/C(=N\Nc1nnc(SCC(=O)Nc2ccc(C)c(C)c2)n1N)c1ccc(F)cc1. The summed E-state index contributed by atoms with van der Waals surface area (Å²) in [6.07, 6.45) is 0. The number of nitrogen functional groups attached to an aromatic ring is 1. The Bertz CT molecular complexity index is 1080. The summed E-state index contributed by atoms with van der Waals surface area (Å²) in [4.78, 5) is 12.2. The number of nitrogens with zero attached hydrogens (tertiary/aromatic N) is 4. The maximum atomic E-state index is 13.0. The number of aryl methyl sites for hydroxylation is 2. The highest BCUT2D eigenvalue weighted by atomic mass is 32.2. The lowest BCUT2D eigenvalue weighted by molar-refractivity contribution is -0.113. The molecule has 1 aromatic heterocycles. The van der Waals surface area contributed by atoms with Gasteiger partial charge in [-0.25, -0.2) is 14.5 Å². The number of benzene rings is 2. The normalized spacial score (nSPS) is 11.4. The van der Waals surface area contributed by atoms with Gasteiger partial charge in [0.25, 0.3) is 5.95 Å². The number of hydrogen-bond acceptors (Lipinski definition) is 7. The largest absolute Gasteiger partial charge is 0.334 e. The zero-order chi connectivity index (χ0) is 21.7. The lowest BCUT2D eigenvalue weighted by Crippen LogP contribution is -2.17. The molecular weight excluding hydrogens is 405 g/mol. The quantitative estimate of drug-likeness (QED) is 0.231. The second kappa shape index (κ2) is 9.40. The number of amides is 1. The van der Waals surface area contributed by atoms with Gasteiger partial charge in [-0.15, -0.1) is 10.2 Å². The molecule has 0 fully saturated rings. The minimum Gasteiger partial charge on any atom is -0.334 e. The Morgan fingerprint density at radius 3 is 2.60 bits per heavy atom. The zero-order valence-corrected chi connectivity index (χ0v) is 17.6. The maximum absolute atomic E-state index is 13.0. The first-order valence-corrected chi connectivity index (χ1v) is 10.1. The van der Waals surface area contributed by atoms with E-state index in [1.165, 1.54) is 16.8 Å². The Kier molecular flexibility index (Phi) is 6.68. The highest BCUT2D eigenvalue weighted by Crippen LogP contribution is 2.18. The van der Waals surface area contributed by atoms with Gasteiger partial charge in [-0.1, -0.05) is 30.0 Å². The van der Waals surface area contributed by atoms with Crippen molar-refractivity contribution in [3.05, 3.63) is 65.0 Å². The monoisotopic (exact) mass is 427 g/mol. The van der Waals surface area contributed by atoms with Gasteiger partial charge < -0.3 is 11.2 Å². The minimum atomic E-state index is -0.315. The Balaban J connectivity index is 1.57. The molecular formula is C20H22FN7OS. The molecule has 1 amide bonds. The van der Waals surface area contributed by atoms with Gasteiger partial charge in [-0.05, 0) is 61.7 Å². The van der Waals surface area contributed by atoms with E-state index in [2.05, 4.69) is 26.0 Å². The molecule has 2 aromatic carbocycles. The molecule has 0 spiro atoms. The Labute approximate surface area is 177 Å². The van der Waals surface area contributed by atoms with E-state index < -0.39 is 0 Å². The van der Waals surface area contributed by atoms with Crippen molar-refractivity contribution in [2.45, 2.75) is 25.9 Å². The van der Waals surface area contributed by atoms with E-state index in [4.69, 9.17) is 5.84 Å². The van der Waals surface area contributed by atoms with E-state index in [1.807, 2.05) is 32.0 Å². The van der Waals surface area contributed by atoms with Crippen molar-refractivity contribution in [2.24, 2.45) is 5.10 Å². The molecule has 0 aliphatic heterocycles. The molecule has 0 aliphatic carbocycles. The number of rotatable bonds is 7. The summed E-state index contributed by atoms with van der Waals surface area (Å²) >= 11 is 1.16. The highest BCUT2D eigenvalue weighted by Gasteiger charge is 2.12. The number of nitrogens with one attached hydrogen (secondary N) is 2. The second-order valence-electron chi connectivity index (χ2n) is 6.63. The number of aromatic nitrogens is 3. The smallest absolute Gasteiger partial charge is 0.264 e. The fourth-order valence-corrected chi connectivity index (χ4v) is 3.14. The lowest BCUT2D eigenvalue weighted by Gasteiger charge is -2.07. The molecule has 1 heterocycles. The van der Waals surface area contributed by atoms with Gasteiger partial charge in [0.1, 0.15) is 5.82 Å². The average Bonchev–Trinajstić information content (AvgIpc) is 3.07. The number of halogens is 1. The van der Waals surface area contributed by atoms with Crippen LogP contribution in [0.5, 0.6) is 0 Å². The summed E-state index contributed by atoms with van der Waals surface area (Å²) in [5.41, 5.74) is 7.12. The fraction of sp³-hybridized carbons (Fsp3) is 0.200. The van der Waals surface area contributed by atoms with Gasteiger partial charge in [0.2, 0.25) is 11.1 Å². The van der Waals surface area contributed by atoms with Crippen LogP contribution in [0.25, 0.3) is 0 Å². The van der Waals surface area contributed by atoms with Crippen molar-refractivity contribution < 1.29 is 9.18 Å². The molecule has 0 saturated carbocycles. The van der Waals surface area contributed by atoms with Crippen LogP contribution in [0.15, 0.2) is 52.7 Å².